The molecule has 0 aliphatic carbocycles. The Morgan fingerprint density at radius 2 is 1.54 bits per heavy atom. The van der Waals surface area contributed by atoms with E-state index in [0.29, 0.717) is 5.56 Å². The molecule has 0 saturated carbocycles. The van der Waals surface area contributed by atoms with E-state index < -0.39 is 0 Å². The van der Waals surface area contributed by atoms with E-state index in [0.717, 1.165) is 60.5 Å². The number of rotatable bonds is 6. The van der Waals surface area contributed by atoms with Gasteiger partial charge in [-0.3, -0.25) is 19.7 Å². The average molecular weight is 464 g/mol. The summed E-state index contributed by atoms with van der Waals surface area (Å²) in [5.41, 5.74) is 5.95. The maximum Gasteiger partial charge on any atom is 0.253 e. The minimum Gasteiger partial charge on any atom is -0.336 e. The van der Waals surface area contributed by atoms with Gasteiger partial charge in [0.1, 0.15) is 0 Å². The Labute approximate surface area is 206 Å². The number of amides is 1. The fraction of sp³-hybridized carbons (Fsp3) is 0.241. The van der Waals surface area contributed by atoms with Crippen LogP contribution in [-0.4, -0.2) is 63.9 Å². The SMILES string of the molecule is CN1CCN(C(=O)c2cccc(-c3ncccc3CC(c3cccnc3)c3cccnc3)c2)CC1. The fourth-order valence-corrected chi connectivity index (χ4v) is 4.67. The van der Waals surface area contributed by atoms with E-state index in [4.69, 9.17) is 4.98 Å². The normalized spacial score (nSPS) is 14.3. The van der Waals surface area contributed by atoms with Crippen molar-refractivity contribution in [1.29, 1.82) is 0 Å². The van der Waals surface area contributed by atoms with Crippen LogP contribution >= 0.6 is 0 Å². The number of hydrogen-bond donors (Lipinski definition) is 0. The molecule has 1 amide bonds. The largest absolute Gasteiger partial charge is 0.336 e. The van der Waals surface area contributed by atoms with Crippen LogP contribution in [0.5, 0.6) is 0 Å². The molecule has 1 aromatic carbocycles. The highest BCUT2D eigenvalue weighted by Crippen LogP contribution is 2.31. The van der Waals surface area contributed by atoms with Gasteiger partial charge in [0.2, 0.25) is 0 Å². The summed E-state index contributed by atoms with van der Waals surface area (Å²) >= 11 is 0. The highest BCUT2D eigenvalue weighted by Gasteiger charge is 2.22. The van der Waals surface area contributed by atoms with Crippen LogP contribution in [0.1, 0.15) is 33.0 Å². The van der Waals surface area contributed by atoms with E-state index in [2.05, 4.69) is 40.1 Å². The summed E-state index contributed by atoms with van der Waals surface area (Å²) in [6.45, 7) is 3.32. The molecular formula is C29H29N5O. The minimum absolute atomic E-state index is 0.0843. The minimum atomic E-state index is 0.0843. The van der Waals surface area contributed by atoms with Gasteiger partial charge in [-0.2, -0.15) is 0 Å². The number of nitrogens with zero attached hydrogens (tertiary/aromatic N) is 5. The number of carbonyl (C=O) groups excluding carboxylic acids is 1. The summed E-state index contributed by atoms with van der Waals surface area (Å²) in [6, 6.07) is 20.1. The molecule has 1 aliphatic rings. The lowest BCUT2D eigenvalue weighted by molar-refractivity contribution is 0.0664. The number of benzene rings is 1. The molecular weight excluding hydrogens is 434 g/mol. The molecule has 6 heteroatoms. The second-order valence-electron chi connectivity index (χ2n) is 9.02. The van der Waals surface area contributed by atoms with Crippen molar-refractivity contribution in [2.24, 2.45) is 0 Å². The van der Waals surface area contributed by atoms with Crippen LogP contribution in [0.3, 0.4) is 0 Å². The number of carbonyl (C=O) groups is 1. The Morgan fingerprint density at radius 3 is 2.20 bits per heavy atom. The molecule has 176 valence electrons. The Balaban J connectivity index is 1.46. The fourth-order valence-electron chi connectivity index (χ4n) is 4.67. The summed E-state index contributed by atoms with van der Waals surface area (Å²) in [5.74, 6) is 0.177. The van der Waals surface area contributed by atoms with Crippen molar-refractivity contribution < 1.29 is 4.79 Å². The van der Waals surface area contributed by atoms with Gasteiger partial charge >= 0.3 is 0 Å². The summed E-state index contributed by atoms with van der Waals surface area (Å²) in [5, 5.41) is 0. The van der Waals surface area contributed by atoms with Gasteiger partial charge in [0.25, 0.3) is 5.91 Å². The van der Waals surface area contributed by atoms with Gasteiger partial charge in [0, 0.05) is 74.2 Å². The topological polar surface area (TPSA) is 62.2 Å². The van der Waals surface area contributed by atoms with Crippen molar-refractivity contribution in [2.75, 3.05) is 33.2 Å². The number of aromatic nitrogens is 3. The van der Waals surface area contributed by atoms with Crippen LogP contribution in [0.2, 0.25) is 0 Å². The van der Waals surface area contributed by atoms with Gasteiger partial charge in [-0.25, -0.2) is 0 Å². The molecule has 0 unspecified atom stereocenters. The van der Waals surface area contributed by atoms with Crippen LogP contribution in [0, 0.1) is 0 Å². The first-order valence-corrected chi connectivity index (χ1v) is 12.0. The Morgan fingerprint density at radius 1 is 0.857 bits per heavy atom. The van der Waals surface area contributed by atoms with Crippen molar-refractivity contribution in [3.8, 4) is 11.3 Å². The zero-order chi connectivity index (χ0) is 24.0. The lowest BCUT2D eigenvalue weighted by Crippen LogP contribution is -2.47. The molecule has 5 rings (SSSR count). The van der Waals surface area contributed by atoms with Crippen molar-refractivity contribution in [3.63, 3.8) is 0 Å². The highest BCUT2D eigenvalue weighted by atomic mass is 16.2. The van der Waals surface area contributed by atoms with Gasteiger partial charge in [-0.05, 0) is 60.5 Å². The van der Waals surface area contributed by atoms with E-state index in [1.807, 2.05) is 66.0 Å². The number of hydrogen-bond acceptors (Lipinski definition) is 5. The summed E-state index contributed by atoms with van der Waals surface area (Å²) in [4.78, 5) is 30.8. The number of likely N-dealkylation sites (N-methyl/N-ethyl adjacent to an activating group) is 1. The molecule has 1 saturated heterocycles. The number of pyridine rings is 3. The standard InChI is InChI=1S/C29H29N5O/c1-33-14-16-34(17-15-33)29(35)24-7-2-6-22(18-24)28-23(8-5-13-32-28)19-27(25-9-3-11-30-20-25)26-10-4-12-31-21-26/h2-13,18,20-21,27H,14-17,19H2,1H3. The van der Waals surface area contributed by atoms with Crippen LogP contribution in [-0.2, 0) is 6.42 Å². The Kier molecular flexibility index (Phi) is 6.91. The van der Waals surface area contributed by atoms with E-state index >= 15 is 0 Å². The zero-order valence-electron chi connectivity index (χ0n) is 19.9. The molecule has 1 aliphatic heterocycles. The Bertz CT molecular complexity index is 1230. The maximum atomic E-state index is 13.2. The third-order valence-electron chi connectivity index (χ3n) is 6.66. The van der Waals surface area contributed by atoms with Gasteiger partial charge in [-0.1, -0.05) is 30.3 Å². The smallest absolute Gasteiger partial charge is 0.253 e. The molecule has 4 aromatic rings. The first-order chi connectivity index (χ1) is 17.2. The third-order valence-corrected chi connectivity index (χ3v) is 6.66. The van der Waals surface area contributed by atoms with Gasteiger partial charge in [-0.15, -0.1) is 0 Å². The van der Waals surface area contributed by atoms with Crippen LogP contribution in [0.25, 0.3) is 11.3 Å². The van der Waals surface area contributed by atoms with Gasteiger partial charge < -0.3 is 9.80 Å². The molecule has 35 heavy (non-hydrogen) atoms. The van der Waals surface area contributed by atoms with E-state index in [1.54, 1.807) is 12.4 Å². The van der Waals surface area contributed by atoms with Crippen molar-refractivity contribution in [2.45, 2.75) is 12.3 Å². The Hall–Kier alpha value is -3.90. The second kappa shape index (κ2) is 10.6. The predicted octanol–water partition coefficient (Wildman–Crippen LogP) is 4.30. The second-order valence-corrected chi connectivity index (χ2v) is 9.02. The molecule has 6 nitrogen and oxygen atoms in total. The quantitative estimate of drug-likeness (QED) is 0.427. The molecule has 3 aromatic heterocycles. The van der Waals surface area contributed by atoms with Crippen LogP contribution in [0.15, 0.2) is 91.6 Å². The first-order valence-electron chi connectivity index (χ1n) is 12.0. The van der Waals surface area contributed by atoms with Gasteiger partial charge in [0.05, 0.1) is 5.69 Å². The maximum absolute atomic E-state index is 13.2. The first kappa shape index (κ1) is 22.9. The summed E-state index contributed by atoms with van der Waals surface area (Å²) < 4.78 is 0. The van der Waals surface area contributed by atoms with Gasteiger partial charge in [0.15, 0.2) is 0 Å². The third kappa shape index (κ3) is 5.28. The van der Waals surface area contributed by atoms with Crippen molar-refractivity contribution in [1.82, 2.24) is 24.8 Å². The van der Waals surface area contributed by atoms with E-state index in [-0.39, 0.29) is 11.8 Å². The van der Waals surface area contributed by atoms with Crippen molar-refractivity contribution in [3.05, 3.63) is 114 Å². The van der Waals surface area contributed by atoms with Crippen LogP contribution < -0.4 is 0 Å². The van der Waals surface area contributed by atoms with E-state index in [1.165, 1.54) is 0 Å². The summed E-state index contributed by atoms with van der Waals surface area (Å²) in [7, 11) is 2.09. The molecule has 0 bridgehead atoms. The molecule has 1 fully saturated rings. The molecule has 0 atom stereocenters. The molecule has 4 heterocycles. The van der Waals surface area contributed by atoms with E-state index in [9.17, 15) is 4.79 Å². The molecule has 0 radical (unpaired) electrons. The van der Waals surface area contributed by atoms with Crippen LogP contribution in [0.4, 0.5) is 0 Å². The van der Waals surface area contributed by atoms with Crippen molar-refractivity contribution >= 4 is 5.91 Å². The highest BCUT2D eigenvalue weighted by molar-refractivity contribution is 5.95. The molecule has 0 N–H and O–H groups in total. The molecule has 0 spiro atoms. The lowest BCUT2D eigenvalue weighted by atomic mass is 9.86. The monoisotopic (exact) mass is 463 g/mol. The predicted molar refractivity (Wildman–Crippen MR) is 137 cm³/mol. The zero-order valence-corrected chi connectivity index (χ0v) is 19.9. The lowest BCUT2D eigenvalue weighted by Gasteiger charge is -2.32. The summed E-state index contributed by atoms with van der Waals surface area (Å²) in [6.07, 6.45) is 9.99. The number of piperazine rings is 1. The average Bonchev–Trinajstić information content (AvgIpc) is 2.93.